The van der Waals surface area contributed by atoms with Crippen LogP contribution in [0, 0.1) is 0 Å². The number of hydrogen-bond acceptors (Lipinski definition) is 6. The molecule has 3 rings (SSSR count). The Morgan fingerprint density at radius 1 is 1.18 bits per heavy atom. The highest BCUT2D eigenvalue weighted by molar-refractivity contribution is 7.99. The summed E-state index contributed by atoms with van der Waals surface area (Å²) in [4.78, 5) is 12.7. The van der Waals surface area contributed by atoms with Crippen molar-refractivity contribution >= 4 is 73.8 Å². The van der Waals surface area contributed by atoms with Gasteiger partial charge in [-0.15, -0.1) is 11.3 Å². The number of halogens is 3. The lowest BCUT2D eigenvalue weighted by Gasteiger charge is -2.11. The zero-order valence-electron chi connectivity index (χ0n) is 11.2. The molecule has 9 heteroatoms. The highest BCUT2D eigenvalue weighted by Crippen LogP contribution is 2.39. The molecule has 0 saturated carbocycles. The fourth-order valence-corrected chi connectivity index (χ4v) is 4.45. The van der Waals surface area contributed by atoms with Gasteiger partial charge in [-0.1, -0.05) is 46.6 Å². The predicted molar refractivity (Wildman–Crippen MR) is 95.4 cm³/mol. The van der Waals surface area contributed by atoms with E-state index in [1.165, 1.54) is 29.2 Å². The Morgan fingerprint density at radius 3 is 2.68 bits per heavy atom. The molecule has 0 fully saturated rings. The van der Waals surface area contributed by atoms with E-state index in [0.717, 1.165) is 15.8 Å². The Morgan fingerprint density at radius 2 is 1.95 bits per heavy atom. The first kappa shape index (κ1) is 16.1. The average Bonchev–Trinajstić information content (AvgIpc) is 2.80. The molecule has 114 valence electrons. The number of aromatic nitrogens is 3. The van der Waals surface area contributed by atoms with Gasteiger partial charge in [0.2, 0.25) is 0 Å². The largest absolute Gasteiger partial charge is 0.384 e. The number of hydrogen-bond donors (Lipinski definition) is 1. The van der Waals surface area contributed by atoms with Gasteiger partial charge in [-0.25, -0.2) is 15.0 Å². The summed E-state index contributed by atoms with van der Waals surface area (Å²) < 4.78 is 0.885. The third-order valence-electron chi connectivity index (χ3n) is 2.88. The Balaban J connectivity index is 1.94. The summed E-state index contributed by atoms with van der Waals surface area (Å²) in [6, 6.07) is 3.44. The highest BCUT2D eigenvalue weighted by atomic mass is 35.5. The summed E-state index contributed by atoms with van der Waals surface area (Å²) in [5, 5.41) is 4.64. The maximum Gasteiger partial charge on any atom is 0.191 e. The van der Waals surface area contributed by atoms with Crippen LogP contribution in [-0.2, 0) is 0 Å². The first-order chi connectivity index (χ1) is 10.4. The molecule has 3 aromatic rings. The summed E-state index contributed by atoms with van der Waals surface area (Å²) in [6.07, 6.45) is 0. The molecular weight excluding hydrogens is 383 g/mol. The standard InChI is InChI=1S/C13H9Cl3N4S2/c1-5(22-13-19-9(15)3-10(17)20-13)8-2-6-7(14)4-21-11(6)12(16)18-8/h2-5H,1H3,(H2,17,19,20). The van der Waals surface area contributed by atoms with Crippen LogP contribution in [0.25, 0.3) is 10.1 Å². The summed E-state index contributed by atoms with van der Waals surface area (Å²) in [7, 11) is 0. The molecule has 3 heterocycles. The normalized spacial score (nSPS) is 12.7. The average molecular weight is 392 g/mol. The second-order valence-electron chi connectivity index (χ2n) is 4.46. The van der Waals surface area contributed by atoms with E-state index in [1.807, 2.05) is 18.4 Å². The molecular formula is C13H9Cl3N4S2. The first-order valence-electron chi connectivity index (χ1n) is 6.14. The first-order valence-corrected chi connectivity index (χ1v) is 9.03. The van der Waals surface area contributed by atoms with Crippen molar-refractivity contribution in [2.24, 2.45) is 0 Å². The molecule has 0 saturated heterocycles. The Hall–Kier alpha value is -0.790. The van der Waals surface area contributed by atoms with Crippen molar-refractivity contribution in [3.8, 4) is 0 Å². The Kier molecular flexibility index (Phi) is 4.66. The number of thioether (sulfide) groups is 1. The van der Waals surface area contributed by atoms with Crippen molar-refractivity contribution in [2.45, 2.75) is 17.3 Å². The van der Waals surface area contributed by atoms with Crippen LogP contribution < -0.4 is 5.73 Å². The van der Waals surface area contributed by atoms with Crippen LogP contribution in [0.15, 0.2) is 22.7 Å². The minimum Gasteiger partial charge on any atom is -0.384 e. The second kappa shape index (κ2) is 6.37. The molecule has 3 aromatic heterocycles. The molecule has 0 spiro atoms. The van der Waals surface area contributed by atoms with E-state index in [2.05, 4.69) is 15.0 Å². The highest BCUT2D eigenvalue weighted by Gasteiger charge is 2.16. The maximum atomic E-state index is 6.23. The van der Waals surface area contributed by atoms with E-state index < -0.39 is 0 Å². The molecule has 0 aliphatic heterocycles. The quantitative estimate of drug-likeness (QED) is 0.277. The van der Waals surface area contributed by atoms with Crippen LogP contribution in [0.2, 0.25) is 15.3 Å². The molecule has 0 aromatic carbocycles. The number of nitrogen functional groups attached to an aromatic ring is 1. The van der Waals surface area contributed by atoms with Gasteiger partial charge in [-0.05, 0) is 13.0 Å². The smallest absolute Gasteiger partial charge is 0.191 e. The monoisotopic (exact) mass is 390 g/mol. The maximum absolute atomic E-state index is 6.23. The Labute approximate surface area is 150 Å². The summed E-state index contributed by atoms with van der Waals surface area (Å²) in [5.41, 5.74) is 6.47. The lowest BCUT2D eigenvalue weighted by molar-refractivity contribution is 0.947. The number of nitrogens with two attached hydrogens (primary N) is 1. The van der Waals surface area contributed by atoms with Crippen LogP contribution in [-0.4, -0.2) is 15.0 Å². The van der Waals surface area contributed by atoms with Gasteiger partial charge in [-0.3, -0.25) is 0 Å². The molecule has 22 heavy (non-hydrogen) atoms. The Bertz CT molecular complexity index is 832. The third kappa shape index (κ3) is 3.26. The topological polar surface area (TPSA) is 64.7 Å². The van der Waals surface area contributed by atoms with Gasteiger partial charge >= 0.3 is 0 Å². The number of nitrogens with zero attached hydrogens (tertiary/aromatic N) is 3. The van der Waals surface area contributed by atoms with Gasteiger partial charge in [0, 0.05) is 16.8 Å². The van der Waals surface area contributed by atoms with Gasteiger partial charge in [0.05, 0.1) is 20.7 Å². The van der Waals surface area contributed by atoms with Gasteiger partial charge in [-0.2, -0.15) is 0 Å². The molecule has 4 nitrogen and oxygen atoms in total. The summed E-state index contributed by atoms with van der Waals surface area (Å²) in [6.45, 7) is 1.98. The van der Waals surface area contributed by atoms with Crippen molar-refractivity contribution in [2.75, 3.05) is 5.73 Å². The number of thiophene rings is 1. The van der Waals surface area contributed by atoms with E-state index >= 15 is 0 Å². The van der Waals surface area contributed by atoms with Gasteiger partial charge < -0.3 is 5.73 Å². The van der Waals surface area contributed by atoms with E-state index in [0.29, 0.717) is 26.3 Å². The van der Waals surface area contributed by atoms with Crippen LogP contribution in [0.3, 0.4) is 0 Å². The molecule has 0 aliphatic carbocycles. The third-order valence-corrected chi connectivity index (χ3v) is 5.89. The van der Waals surface area contributed by atoms with Crippen molar-refractivity contribution < 1.29 is 0 Å². The van der Waals surface area contributed by atoms with Gasteiger partial charge in [0.15, 0.2) is 5.16 Å². The fourth-order valence-electron chi connectivity index (χ4n) is 1.88. The number of pyridine rings is 1. The van der Waals surface area contributed by atoms with Gasteiger partial charge in [0.25, 0.3) is 0 Å². The van der Waals surface area contributed by atoms with Crippen LogP contribution in [0.1, 0.15) is 17.9 Å². The summed E-state index contributed by atoms with van der Waals surface area (Å²) in [5.74, 6) is 0.331. The molecule has 0 radical (unpaired) electrons. The van der Waals surface area contributed by atoms with Crippen LogP contribution in [0.4, 0.5) is 5.82 Å². The zero-order valence-corrected chi connectivity index (χ0v) is 15.1. The number of rotatable bonds is 3. The lowest BCUT2D eigenvalue weighted by Crippen LogP contribution is -1.98. The van der Waals surface area contributed by atoms with Crippen molar-refractivity contribution in [3.63, 3.8) is 0 Å². The number of anilines is 1. The minimum atomic E-state index is -0.0317. The summed E-state index contributed by atoms with van der Waals surface area (Å²) >= 11 is 21.2. The molecule has 1 unspecified atom stereocenters. The molecule has 0 aliphatic rings. The molecule has 2 N–H and O–H groups in total. The minimum absolute atomic E-state index is 0.0317. The van der Waals surface area contributed by atoms with Crippen molar-refractivity contribution in [3.05, 3.63) is 38.5 Å². The SMILES string of the molecule is CC(Sc1nc(N)cc(Cl)n1)c1cc2c(Cl)csc2c(Cl)n1. The molecule has 1 atom stereocenters. The lowest BCUT2D eigenvalue weighted by atomic mass is 10.2. The van der Waals surface area contributed by atoms with Gasteiger partial charge in [0.1, 0.15) is 16.1 Å². The fraction of sp³-hybridized carbons (Fsp3) is 0.154. The van der Waals surface area contributed by atoms with Crippen LogP contribution >= 0.6 is 57.9 Å². The second-order valence-corrected chi connectivity index (χ2v) is 7.80. The van der Waals surface area contributed by atoms with E-state index in [1.54, 1.807) is 0 Å². The van der Waals surface area contributed by atoms with E-state index in [9.17, 15) is 0 Å². The van der Waals surface area contributed by atoms with Crippen molar-refractivity contribution in [1.29, 1.82) is 0 Å². The molecule has 0 amide bonds. The van der Waals surface area contributed by atoms with E-state index in [-0.39, 0.29) is 5.25 Å². The van der Waals surface area contributed by atoms with E-state index in [4.69, 9.17) is 40.5 Å². The van der Waals surface area contributed by atoms with Crippen LogP contribution in [0.5, 0.6) is 0 Å². The zero-order chi connectivity index (χ0) is 15.9. The van der Waals surface area contributed by atoms with Crippen molar-refractivity contribution in [1.82, 2.24) is 15.0 Å². The predicted octanol–water partition coefficient (Wildman–Crippen LogP) is 5.48. The number of fused-ring (bicyclic) bond motifs is 1. The molecule has 0 bridgehead atoms.